The van der Waals surface area contributed by atoms with Crippen LogP contribution in [0.2, 0.25) is 0 Å². The van der Waals surface area contributed by atoms with Crippen molar-refractivity contribution in [3.05, 3.63) is 34.9 Å². The van der Waals surface area contributed by atoms with E-state index in [1.165, 1.54) is 29.5 Å². The first-order chi connectivity index (χ1) is 9.52. The number of hydrogen-bond donors (Lipinski definition) is 2. The largest absolute Gasteiger partial charge is 0.481 e. The molecule has 1 rings (SSSR count). The van der Waals surface area contributed by atoms with Gasteiger partial charge in [-0.25, -0.2) is 0 Å². The number of carbonyl (C=O) groups is 1. The van der Waals surface area contributed by atoms with E-state index in [-0.39, 0.29) is 12.5 Å². The molecule has 1 unspecified atom stereocenters. The van der Waals surface area contributed by atoms with Crippen LogP contribution in [0.1, 0.15) is 49.3 Å². The number of hydrogen-bond acceptors (Lipinski definition) is 2. The van der Waals surface area contributed by atoms with Crippen LogP contribution in [-0.2, 0) is 11.2 Å². The lowest BCUT2D eigenvalue weighted by Crippen LogP contribution is -2.34. The maximum absolute atomic E-state index is 11.0. The highest BCUT2D eigenvalue weighted by molar-refractivity contribution is 5.67. The zero-order chi connectivity index (χ0) is 15.0. The average molecular weight is 277 g/mol. The second-order valence-corrected chi connectivity index (χ2v) is 5.59. The minimum atomic E-state index is -0.734. The summed E-state index contributed by atoms with van der Waals surface area (Å²) < 4.78 is 0. The first-order valence-electron chi connectivity index (χ1n) is 7.54. The van der Waals surface area contributed by atoms with Crippen molar-refractivity contribution >= 4 is 5.97 Å². The summed E-state index contributed by atoms with van der Waals surface area (Å²) in [6.07, 6.45) is 4.45. The summed E-state index contributed by atoms with van der Waals surface area (Å²) in [5.74, 6) is -0.734. The number of carboxylic acids is 1. The Labute approximate surface area is 122 Å². The number of nitrogens with one attached hydrogen (secondary N) is 1. The lowest BCUT2D eigenvalue weighted by atomic mass is 9.97. The lowest BCUT2D eigenvalue weighted by Gasteiger charge is -2.18. The van der Waals surface area contributed by atoms with Crippen molar-refractivity contribution in [2.24, 2.45) is 0 Å². The van der Waals surface area contributed by atoms with Crippen molar-refractivity contribution in [2.45, 2.75) is 58.9 Å². The quantitative estimate of drug-likeness (QED) is 0.680. The minimum absolute atomic E-state index is 0.0192. The first kappa shape index (κ1) is 16.7. The van der Waals surface area contributed by atoms with E-state index in [9.17, 15) is 4.79 Å². The summed E-state index contributed by atoms with van der Waals surface area (Å²) in [6.45, 7) is 7.24. The van der Waals surface area contributed by atoms with E-state index in [1.54, 1.807) is 0 Å². The summed E-state index contributed by atoms with van der Waals surface area (Å²) in [5.41, 5.74) is 3.73. The third-order valence-electron chi connectivity index (χ3n) is 3.60. The van der Waals surface area contributed by atoms with Gasteiger partial charge in [-0.2, -0.15) is 0 Å². The Kier molecular flexibility index (Phi) is 7.31. The van der Waals surface area contributed by atoms with Gasteiger partial charge in [0.1, 0.15) is 0 Å². The van der Waals surface area contributed by atoms with Crippen LogP contribution in [0.4, 0.5) is 0 Å². The van der Waals surface area contributed by atoms with E-state index in [0.717, 1.165) is 19.4 Å². The van der Waals surface area contributed by atoms with Gasteiger partial charge in [0.15, 0.2) is 0 Å². The van der Waals surface area contributed by atoms with Gasteiger partial charge in [0.05, 0.1) is 6.42 Å². The molecule has 0 fully saturated rings. The number of aliphatic carboxylic acids is 1. The fourth-order valence-electron chi connectivity index (χ4n) is 2.45. The van der Waals surface area contributed by atoms with Crippen molar-refractivity contribution in [1.82, 2.24) is 5.32 Å². The number of unbranched alkanes of at least 4 members (excludes halogenated alkanes) is 2. The molecule has 112 valence electrons. The fourth-order valence-corrected chi connectivity index (χ4v) is 2.45. The van der Waals surface area contributed by atoms with Crippen molar-refractivity contribution in [3.63, 3.8) is 0 Å². The maximum atomic E-state index is 11.0. The predicted octanol–water partition coefficient (Wildman–Crippen LogP) is 3.47. The summed E-state index contributed by atoms with van der Waals surface area (Å²) in [5, 5.41) is 12.4. The minimum Gasteiger partial charge on any atom is -0.481 e. The van der Waals surface area contributed by atoms with Gasteiger partial charge >= 0.3 is 5.97 Å². The van der Waals surface area contributed by atoms with Gasteiger partial charge in [0, 0.05) is 6.04 Å². The Hall–Kier alpha value is -1.35. The third kappa shape index (κ3) is 6.20. The van der Waals surface area contributed by atoms with Gasteiger partial charge in [-0.3, -0.25) is 4.79 Å². The Morgan fingerprint density at radius 2 is 2.05 bits per heavy atom. The topological polar surface area (TPSA) is 49.3 Å². The smallest absolute Gasteiger partial charge is 0.304 e. The molecular formula is C17H27NO2. The summed E-state index contributed by atoms with van der Waals surface area (Å²) in [4.78, 5) is 11.0. The third-order valence-corrected chi connectivity index (χ3v) is 3.60. The fraction of sp³-hybridized carbons (Fsp3) is 0.588. The monoisotopic (exact) mass is 277 g/mol. The van der Waals surface area contributed by atoms with Crippen LogP contribution in [0.5, 0.6) is 0 Å². The van der Waals surface area contributed by atoms with Gasteiger partial charge < -0.3 is 10.4 Å². The van der Waals surface area contributed by atoms with E-state index in [4.69, 9.17) is 5.11 Å². The van der Waals surface area contributed by atoms with Crippen LogP contribution < -0.4 is 5.32 Å². The summed E-state index contributed by atoms with van der Waals surface area (Å²) >= 11 is 0. The molecule has 0 bridgehead atoms. The van der Waals surface area contributed by atoms with Gasteiger partial charge in [0.25, 0.3) is 0 Å². The molecule has 2 N–H and O–H groups in total. The Morgan fingerprint density at radius 1 is 1.30 bits per heavy atom. The molecule has 20 heavy (non-hydrogen) atoms. The SMILES string of the molecule is CCCCCNC(CC(=O)O)Cc1ccc(C)cc1C. The molecule has 0 aliphatic heterocycles. The molecule has 0 saturated heterocycles. The van der Waals surface area contributed by atoms with E-state index in [2.05, 4.69) is 44.3 Å². The van der Waals surface area contributed by atoms with Crippen molar-refractivity contribution in [1.29, 1.82) is 0 Å². The lowest BCUT2D eigenvalue weighted by molar-refractivity contribution is -0.137. The summed E-state index contributed by atoms with van der Waals surface area (Å²) in [7, 11) is 0. The summed E-state index contributed by atoms with van der Waals surface area (Å²) in [6, 6.07) is 6.39. The van der Waals surface area contributed by atoms with Crippen LogP contribution in [0.25, 0.3) is 0 Å². The molecule has 0 spiro atoms. The van der Waals surface area contributed by atoms with E-state index >= 15 is 0 Å². The number of benzene rings is 1. The Bertz CT molecular complexity index is 429. The highest BCUT2D eigenvalue weighted by Crippen LogP contribution is 2.14. The van der Waals surface area contributed by atoms with Gasteiger partial charge in [-0.15, -0.1) is 0 Å². The van der Waals surface area contributed by atoms with Crippen LogP contribution in [0.3, 0.4) is 0 Å². The van der Waals surface area contributed by atoms with Gasteiger partial charge in [-0.05, 0) is 44.4 Å². The predicted molar refractivity (Wildman–Crippen MR) is 83.2 cm³/mol. The Balaban J connectivity index is 2.60. The molecule has 3 heteroatoms. The molecule has 0 aliphatic carbocycles. The standard InChI is InChI=1S/C17H27NO2/c1-4-5-6-9-18-16(12-17(19)20)11-15-8-7-13(2)10-14(15)3/h7-8,10,16,18H,4-6,9,11-12H2,1-3H3,(H,19,20). The second kappa shape index (κ2) is 8.75. The van der Waals surface area contributed by atoms with Crippen LogP contribution >= 0.6 is 0 Å². The molecule has 1 aromatic rings. The molecular weight excluding hydrogens is 250 g/mol. The zero-order valence-electron chi connectivity index (χ0n) is 12.9. The molecule has 3 nitrogen and oxygen atoms in total. The zero-order valence-corrected chi connectivity index (χ0v) is 12.9. The van der Waals surface area contributed by atoms with Crippen molar-refractivity contribution in [3.8, 4) is 0 Å². The number of carboxylic acid groups (broad SMARTS) is 1. The number of rotatable bonds is 9. The molecule has 1 atom stereocenters. The molecule has 0 amide bonds. The maximum Gasteiger partial charge on any atom is 0.304 e. The van der Waals surface area contributed by atoms with Crippen molar-refractivity contribution in [2.75, 3.05) is 6.54 Å². The normalized spacial score (nSPS) is 12.3. The van der Waals surface area contributed by atoms with Crippen LogP contribution in [0.15, 0.2) is 18.2 Å². The van der Waals surface area contributed by atoms with Gasteiger partial charge in [0.2, 0.25) is 0 Å². The van der Waals surface area contributed by atoms with E-state index in [1.807, 2.05) is 0 Å². The highest BCUT2D eigenvalue weighted by Gasteiger charge is 2.14. The highest BCUT2D eigenvalue weighted by atomic mass is 16.4. The molecule has 0 aromatic heterocycles. The first-order valence-corrected chi connectivity index (χ1v) is 7.54. The molecule has 1 aromatic carbocycles. The van der Waals surface area contributed by atoms with Crippen molar-refractivity contribution < 1.29 is 9.90 Å². The van der Waals surface area contributed by atoms with Gasteiger partial charge in [-0.1, -0.05) is 43.5 Å². The molecule has 0 aliphatic rings. The molecule has 0 saturated carbocycles. The molecule has 0 radical (unpaired) electrons. The van der Waals surface area contributed by atoms with E-state index < -0.39 is 5.97 Å². The Morgan fingerprint density at radius 3 is 2.65 bits per heavy atom. The second-order valence-electron chi connectivity index (χ2n) is 5.59. The number of aryl methyl sites for hydroxylation is 2. The van der Waals surface area contributed by atoms with E-state index in [0.29, 0.717) is 0 Å². The molecule has 0 heterocycles. The average Bonchev–Trinajstić information content (AvgIpc) is 2.37. The van der Waals surface area contributed by atoms with Crippen LogP contribution in [0, 0.1) is 13.8 Å². The van der Waals surface area contributed by atoms with Crippen LogP contribution in [-0.4, -0.2) is 23.7 Å².